The lowest BCUT2D eigenvalue weighted by Crippen LogP contribution is -2.51. The van der Waals surface area contributed by atoms with Crippen LogP contribution in [0.2, 0.25) is 0 Å². The van der Waals surface area contributed by atoms with Gasteiger partial charge in [-0.25, -0.2) is 0 Å². The van der Waals surface area contributed by atoms with E-state index in [1.165, 1.54) is 18.0 Å². The summed E-state index contributed by atoms with van der Waals surface area (Å²) in [6.07, 6.45) is 3.79. The summed E-state index contributed by atoms with van der Waals surface area (Å²) in [6, 6.07) is 10.2. The molecule has 2 N–H and O–H groups in total. The molecule has 0 aliphatic carbocycles. The number of aliphatic hydroxyl groups is 1. The van der Waals surface area contributed by atoms with Crippen molar-refractivity contribution in [1.82, 2.24) is 15.2 Å². The number of pyridine rings is 1. The molecular weight excluding hydrogens is 306 g/mol. The lowest BCUT2D eigenvalue weighted by Gasteiger charge is -2.31. The van der Waals surface area contributed by atoms with Gasteiger partial charge in [0.1, 0.15) is 6.04 Å². The number of hydrogen-bond acceptors (Lipinski definition) is 4. The van der Waals surface area contributed by atoms with E-state index in [1.54, 1.807) is 17.0 Å². The van der Waals surface area contributed by atoms with Crippen molar-refractivity contribution in [3.8, 4) is 0 Å². The molecule has 1 aromatic carbocycles. The molecule has 1 aromatic heterocycles. The van der Waals surface area contributed by atoms with Gasteiger partial charge in [0.2, 0.25) is 5.91 Å². The fraction of sp³-hybridized carbons (Fsp3) is 0.278. The smallest absolute Gasteiger partial charge is 0.252 e. The summed E-state index contributed by atoms with van der Waals surface area (Å²) in [5, 5.41) is 12.1. The highest BCUT2D eigenvalue weighted by Crippen LogP contribution is 2.19. The van der Waals surface area contributed by atoms with E-state index < -0.39 is 18.6 Å². The number of aliphatic hydroxyl groups excluding tert-OH is 1. The van der Waals surface area contributed by atoms with Gasteiger partial charge in [0, 0.05) is 31.0 Å². The van der Waals surface area contributed by atoms with Gasteiger partial charge in [-0.3, -0.25) is 14.6 Å². The van der Waals surface area contributed by atoms with E-state index in [0.29, 0.717) is 18.7 Å². The predicted octanol–water partition coefficient (Wildman–Crippen LogP) is 0.757. The third-order valence-corrected chi connectivity index (χ3v) is 4.17. The van der Waals surface area contributed by atoms with Crippen molar-refractivity contribution in [1.29, 1.82) is 0 Å². The maximum absolute atomic E-state index is 12.6. The normalized spacial score (nSPS) is 14.6. The summed E-state index contributed by atoms with van der Waals surface area (Å²) in [5.41, 5.74) is 2.75. The van der Waals surface area contributed by atoms with Gasteiger partial charge in [-0.2, -0.15) is 0 Å². The second-order valence-corrected chi connectivity index (χ2v) is 5.72. The zero-order valence-corrected chi connectivity index (χ0v) is 13.2. The van der Waals surface area contributed by atoms with Crippen LogP contribution in [0.15, 0.2) is 48.8 Å². The molecule has 1 atom stereocenters. The average Bonchev–Trinajstić information content (AvgIpc) is 2.65. The van der Waals surface area contributed by atoms with Crippen LogP contribution in [0.5, 0.6) is 0 Å². The van der Waals surface area contributed by atoms with Gasteiger partial charge in [-0.15, -0.1) is 0 Å². The van der Waals surface area contributed by atoms with E-state index in [0.717, 1.165) is 12.0 Å². The van der Waals surface area contributed by atoms with Crippen molar-refractivity contribution >= 4 is 11.8 Å². The van der Waals surface area contributed by atoms with Crippen molar-refractivity contribution < 1.29 is 14.7 Å². The number of amides is 2. The molecule has 2 amide bonds. The van der Waals surface area contributed by atoms with Gasteiger partial charge in [0.15, 0.2) is 0 Å². The Balaban J connectivity index is 1.68. The summed E-state index contributed by atoms with van der Waals surface area (Å²) in [7, 11) is 0. The van der Waals surface area contributed by atoms with E-state index in [9.17, 15) is 14.7 Å². The van der Waals surface area contributed by atoms with Crippen molar-refractivity contribution in [2.24, 2.45) is 0 Å². The average molecular weight is 325 g/mol. The molecule has 6 nitrogen and oxygen atoms in total. The molecule has 0 fully saturated rings. The molecule has 6 heteroatoms. The first-order valence-corrected chi connectivity index (χ1v) is 7.86. The minimum absolute atomic E-state index is 0.269. The number of benzene rings is 1. The molecule has 2 heterocycles. The van der Waals surface area contributed by atoms with Gasteiger partial charge in [0.05, 0.1) is 6.61 Å². The zero-order valence-electron chi connectivity index (χ0n) is 13.2. The Labute approximate surface area is 140 Å². The molecular formula is C18H19N3O3. The minimum Gasteiger partial charge on any atom is -0.394 e. The van der Waals surface area contributed by atoms with E-state index in [1.807, 2.05) is 18.2 Å². The van der Waals surface area contributed by atoms with Crippen LogP contribution in [0.25, 0.3) is 0 Å². The number of carbonyl (C=O) groups is 2. The van der Waals surface area contributed by atoms with Crippen molar-refractivity contribution in [2.75, 3.05) is 13.2 Å². The SMILES string of the molecule is O=C(NC(CO)C(=O)N1CCc2ccccc2C1)c1ccncc1. The van der Waals surface area contributed by atoms with E-state index in [4.69, 9.17) is 0 Å². The van der Waals surface area contributed by atoms with E-state index in [-0.39, 0.29) is 5.91 Å². The van der Waals surface area contributed by atoms with Crippen LogP contribution in [0.3, 0.4) is 0 Å². The van der Waals surface area contributed by atoms with Crippen LogP contribution in [-0.4, -0.2) is 46.0 Å². The maximum Gasteiger partial charge on any atom is 0.252 e. The molecule has 24 heavy (non-hydrogen) atoms. The number of aromatic nitrogens is 1. The molecule has 0 spiro atoms. The Bertz CT molecular complexity index is 733. The van der Waals surface area contributed by atoms with Crippen molar-refractivity contribution in [3.63, 3.8) is 0 Å². The number of carbonyl (C=O) groups excluding carboxylic acids is 2. The van der Waals surface area contributed by atoms with Gasteiger partial charge in [0.25, 0.3) is 5.91 Å². The Morgan fingerprint density at radius 2 is 1.88 bits per heavy atom. The van der Waals surface area contributed by atoms with Crippen LogP contribution in [0.4, 0.5) is 0 Å². The first kappa shape index (κ1) is 16.1. The molecule has 0 saturated heterocycles. The molecule has 1 unspecified atom stereocenters. The number of hydrogen-bond donors (Lipinski definition) is 2. The van der Waals surface area contributed by atoms with Crippen molar-refractivity contribution in [3.05, 3.63) is 65.5 Å². The monoisotopic (exact) mass is 325 g/mol. The van der Waals surface area contributed by atoms with Gasteiger partial charge < -0.3 is 15.3 Å². The fourth-order valence-corrected chi connectivity index (χ4v) is 2.83. The number of nitrogens with zero attached hydrogens (tertiary/aromatic N) is 2. The van der Waals surface area contributed by atoms with Crippen LogP contribution in [-0.2, 0) is 17.8 Å². The molecule has 3 rings (SSSR count). The zero-order chi connectivity index (χ0) is 16.9. The summed E-state index contributed by atoms with van der Waals surface area (Å²) in [5.74, 6) is -0.670. The van der Waals surface area contributed by atoms with E-state index >= 15 is 0 Å². The third kappa shape index (κ3) is 3.44. The van der Waals surface area contributed by atoms with Gasteiger partial charge >= 0.3 is 0 Å². The summed E-state index contributed by atoms with van der Waals surface area (Å²) < 4.78 is 0. The number of nitrogens with one attached hydrogen (secondary N) is 1. The highest BCUT2D eigenvalue weighted by molar-refractivity contribution is 5.97. The van der Waals surface area contributed by atoms with Crippen molar-refractivity contribution in [2.45, 2.75) is 19.0 Å². The van der Waals surface area contributed by atoms with Gasteiger partial charge in [-0.1, -0.05) is 24.3 Å². The molecule has 1 aliphatic rings. The Morgan fingerprint density at radius 1 is 1.17 bits per heavy atom. The largest absolute Gasteiger partial charge is 0.394 e. The van der Waals surface area contributed by atoms with E-state index in [2.05, 4.69) is 16.4 Å². The molecule has 0 bridgehead atoms. The highest BCUT2D eigenvalue weighted by atomic mass is 16.3. The topological polar surface area (TPSA) is 82.5 Å². The number of rotatable bonds is 4. The van der Waals surface area contributed by atoms with Crippen LogP contribution < -0.4 is 5.32 Å². The first-order chi connectivity index (χ1) is 11.7. The first-order valence-electron chi connectivity index (χ1n) is 7.86. The maximum atomic E-state index is 12.6. The summed E-state index contributed by atoms with van der Waals surface area (Å²) in [6.45, 7) is 0.641. The Kier molecular flexibility index (Phi) is 4.86. The Morgan fingerprint density at radius 3 is 2.58 bits per heavy atom. The molecule has 0 radical (unpaired) electrons. The second-order valence-electron chi connectivity index (χ2n) is 5.72. The third-order valence-electron chi connectivity index (χ3n) is 4.17. The minimum atomic E-state index is -0.948. The standard InChI is InChI=1S/C18H19N3O3/c22-12-16(20-17(23)14-5-8-19-9-6-14)18(24)21-10-7-13-3-1-2-4-15(13)11-21/h1-6,8-9,16,22H,7,10-12H2,(H,20,23). The van der Waals surface area contributed by atoms with Crippen LogP contribution in [0.1, 0.15) is 21.5 Å². The quantitative estimate of drug-likeness (QED) is 0.869. The van der Waals surface area contributed by atoms with Crippen LogP contribution in [0, 0.1) is 0 Å². The fourth-order valence-electron chi connectivity index (χ4n) is 2.83. The second kappa shape index (κ2) is 7.23. The summed E-state index contributed by atoms with van der Waals surface area (Å²) >= 11 is 0. The number of fused-ring (bicyclic) bond motifs is 1. The molecule has 1 aliphatic heterocycles. The Hall–Kier alpha value is -2.73. The predicted molar refractivity (Wildman–Crippen MR) is 88.1 cm³/mol. The summed E-state index contributed by atoms with van der Waals surface area (Å²) in [4.78, 5) is 30.4. The lowest BCUT2D eigenvalue weighted by atomic mass is 9.99. The lowest BCUT2D eigenvalue weighted by molar-refractivity contribution is -0.135. The van der Waals surface area contributed by atoms with Gasteiger partial charge in [-0.05, 0) is 29.7 Å². The molecule has 2 aromatic rings. The highest BCUT2D eigenvalue weighted by Gasteiger charge is 2.28. The van der Waals surface area contributed by atoms with Crippen LogP contribution >= 0.6 is 0 Å². The molecule has 0 saturated carbocycles. The molecule has 124 valence electrons.